The third kappa shape index (κ3) is 7.19. The third-order valence-electron chi connectivity index (χ3n) is 8.50. The molecule has 45 heavy (non-hydrogen) atoms. The van der Waals surface area contributed by atoms with Crippen LogP contribution in [0.5, 0.6) is 5.75 Å². The topological polar surface area (TPSA) is 80.2 Å². The van der Waals surface area contributed by atoms with E-state index >= 15 is 0 Å². The van der Waals surface area contributed by atoms with Gasteiger partial charge < -0.3 is 15.0 Å². The molecule has 9 heteroatoms. The maximum atomic E-state index is 13.1. The number of hydrogen-bond donors (Lipinski definition) is 1. The lowest BCUT2D eigenvalue weighted by molar-refractivity contribution is -0.117. The highest BCUT2D eigenvalue weighted by molar-refractivity contribution is 8.19. The fraction of sp³-hybridized carbons (Fsp3) is 0.500. The molecule has 3 aromatic rings. The molecule has 1 spiro atoms. The Morgan fingerprint density at radius 2 is 1.80 bits per heavy atom. The normalized spacial score (nSPS) is 21.4. The first-order valence-corrected chi connectivity index (χ1v) is 18.3. The molecular weight excluding hydrogens is 599 g/mol. The molecule has 240 valence electrons. The van der Waals surface area contributed by atoms with Crippen molar-refractivity contribution in [1.29, 1.82) is 0 Å². The molecule has 0 amide bonds. The van der Waals surface area contributed by atoms with Crippen LogP contribution in [0, 0.1) is 5.92 Å². The van der Waals surface area contributed by atoms with Crippen LogP contribution in [0.1, 0.15) is 77.5 Å². The third-order valence-corrected chi connectivity index (χ3v) is 11.9. The molecule has 2 atom stereocenters. The highest BCUT2D eigenvalue weighted by Crippen LogP contribution is 2.60. The molecule has 5 heterocycles. The molecule has 1 aliphatic carbocycles. The van der Waals surface area contributed by atoms with Crippen molar-refractivity contribution in [2.45, 2.75) is 82.9 Å². The van der Waals surface area contributed by atoms with Crippen molar-refractivity contribution in [2.75, 3.05) is 30.5 Å². The van der Waals surface area contributed by atoms with E-state index in [1.807, 2.05) is 45.9 Å². The summed E-state index contributed by atoms with van der Waals surface area (Å²) in [6.07, 6.45) is 8.69. The van der Waals surface area contributed by atoms with Gasteiger partial charge in [-0.2, -0.15) is 0 Å². The number of hydrogen-bond acceptors (Lipinski definition) is 9. The SMILES string of the molecule is CC.CC1CC(=O)C2=C(C1)N1CCc3ccccc3C1CC21SCCCS1.COc1cnc(-c2ccccn2)nc1NC(C)C. The summed E-state index contributed by atoms with van der Waals surface area (Å²) in [6, 6.07) is 15.4. The summed E-state index contributed by atoms with van der Waals surface area (Å²) in [5.41, 5.74) is 6.38. The lowest BCUT2D eigenvalue weighted by Crippen LogP contribution is -2.49. The monoisotopic (exact) mass is 645 g/mol. The van der Waals surface area contributed by atoms with Gasteiger partial charge in [-0.1, -0.05) is 51.1 Å². The molecule has 1 aromatic carbocycles. The molecule has 2 aromatic heterocycles. The zero-order valence-electron chi connectivity index (χ0n) is 27.5. The standard InChI is InChI=1S/C21H25NOS2.C13H16N4O.C2H6/c1-14-11-17-20(19(23)12-14)21(24-9-4-10-25-21)13-18-16-6-3-2-5-15(16)7-8-22(17)18;1-9(2)16-13-11(18-3)8-15-12(17-13)10-6-4-5-7-14-10;1-2/h2-3,5-6,14,18H,4,7-13H2,1H3;4-9H,1-3H3,(H,15,16,17);1-2H3. The lowest BCUT2D eigenvalue weighted by Gasteiger charge is -2.54. The average Bonchev–Trinajstić information content (AvgIpc) is 3.06. The number of anilines is 1. The van der Waals surface area contributed by atoms with Crippen molar-refractivity contribution in [2.24, 2.45) is 5.92 Å². The minimum Gasteiger partial charge on any atom is -0.491 e. The Balaban J connectivity index is 0.000000178. The lowest BCUT2D eigenvalue weighted by atomic mass is 9.77. The summed E-state index contributed by atoms with van der Waals surface area (Å²) in [5, 5.41) is 3.23. The first-order chi connectivity index (χ1) is 21.9. The van der Waals surface area contributed by atoms with Crippen LogP contribution >= 0.6 is 23.5 Å². The van der Waals surface area contributed by atoms with E-state index < -0.39 is 0 Å². The fourth-order valence-corrected chi connectivity index (χ4v) is 10.2. The molecule has 4 aliphatic rings. The number of methoxy groups -OCH3 is 1. The molecule has 0 radical (unpaired) electrons. The maximum Gasteiger partial charge on any atom is 0.180 e. The Morgan fingerprint density at radius 3 is 2.51 bits per heavy atom. The number of thioether (sulfide) groups is 2. The van der Waals surface area contributed by atoms with Gasteiger partial charge in [-0.25, -0.2) is 9.97 Å². The van der Waals surface area contributed by atoms with Crippen LogP contribution in [-0.4, -0.2) is 60.9 Å². The summed E-state index contributed by atoms with van der Waals surface area (Å²) in [6.45, 7) is 11.4. The molecule has 0 bridgehead atoms. The van der Waals surface area contributed by atoms with E-state index in [9.17, 15) is 4.79 Å². The minimum atomic E-state index is 0.0103. The number of pyridine rings is 1. The molecule has 1 fully saturated rings. The van der Waals surface area contributed by atoms with Gasteiger partial charge in [0.05, 0.1) is 23.4 Å². The number of allylic oxidation sites excluding steroid dienone is 1. The predicted octanol–water partition coefficient (Wildman–Crippen LogP) is 8.20. The van der Waals surface area contributed by atoms with Crippen LogP contribution in [0.3, 0.4) is 0 Å². The van der Waals surface area contributed by atoms with Gasteiger partial charge in [0.15, 0.2) is 23.2 Å². The second-order valence-corrected chi connectivity index (χ2v) is 15.1. The van der Waals surface area contributed by atoms with Crippen molar-refractivity contribution in [3.63, 3.8) is 0 Å². The van der Waals surface area contributed by atoms with Crippen LogP contribution in [0.2, 0.25) is 0 Å². The molecule has 1 N–H and O–H groups in total. The minimum absolute atomic E-state index is 0.0103. The van der Waals surface area contributed by atoms with E-state index in [0.29, 0.717) is 35.1 Å². The molecule has 7 nitrogen and oxygen atoms in total. The highest BCUT2D eigenvalue weighted by Gasteiger charge is 2.52. The number of carbonyl (C=O) groups excluding carboxylic acids is 1. The number of ether oxygens (including phenoxy) is 1. The van der Waals surface area contributed by atoms with Crippen molar-refractivity contribution in [1.82, 2.24) is 19.9 Å². The molecule has 1 saturated heterocycles. The number of aromatic nitrogens is 3. The molecule has 2 unspecified atom stereocenters. The van der Waals surface area contributed by atoms with Gasteiger partial charge in [-0.15, -0.1) is 23.5 Å². The van der Waals surface area contributed by atoms with Crippen molar-refractivity contribution in [3.8, 4) is 17.3 Å². The fourth-order valence-electron chi connectivity index (χ4n) is 6.68. The van der Waals surface area contributed by atoms with Gasteiger partial charge in [0.1, 0.15) is 5.69 Å². The van der Waals surface area contributed by atoms with Gasteiger partial charge in [-0.05, 0) is 73.8 Å². The first kappa shape index (κ1) is 33.3. The van der Waals surface area contributed by atoms with E-state index in [0.717, 1.165) is 37.9 Å². The number of ketones is 1. The maximum absolute atomic E-state index is 13.1. The summed E-state index contributed by atoms with van der Waals surface area (Å²) >= 11 is 4.13. The Hall–Kier alpha value is -3.04. The van der Waals surface area contributed by atoms with E-state index in [2.05, 4.69) is 79.9 Å². The average molecular weight is 646 g/mol. The Bertz CT molecular complexity index is 1490. The Morgan fingerprint density at radius 1 is 1.04 bits per heavy atom. The molecular formula is C36H47N5O2S2. The van der Waals surface area contributed by atoms with Gasteiger partial charge in [0.25, 0.3) is 0 Å². The summed E-state index contributed by atoms with van der Waals surface area (Å²) in [7, 11) is 1.60. The van der Waals surface area contributed by atoms with Gasteiger partial charge in [0.2, 0.25) is 0 Å². The Labute approximate surface area is 277 Å². The number of fused-ring (bicyclic) bond motifs is 5. The number of Topliss-reactive ketones (excluding diaryl/α,β-unsaturated/α-hetero) is 1. The predicted molar refractivity (Wildman–Crippen MR) is 189 cm³/mol. The van der Waals surface area contributed by atoms with Crippen molar-refractivity contribution >= 4 is 35.1 Å². The van der Waals surface area contributed by atoms with E-state index in [1.54, 1.807) is 19.5 Å². The zero-order chi connectivity index (χ0) is 32.0. The van der Waals surface area contributed by atoms with E-state index in [4.69, 9.17) is 4.74 Å². The van der Waals surface area contributed by atoms with Crippen LogP contribution in [0.4, 0.5) is 5.82 Å². The van der Waals surface area contributed by atoms with E-state index in [-0.39, 0.29) is 10.1 Å². The van der Waals surface area contributed by atoms with Crippen LogP contribution in [0.25, 0.3) is 11.5 Å². The van der Waals surface area contributed by atoms with Crippen LogP contribution < -0.4 is 10.1 Å². The summed E-state index contributed by atoms with van der Waals surface area (Å²) in [4.78, 5) is 28.7. The largest absolute Gasteiger partial charge is 0.491 e. The Kier molecular flexibility index (Phi) is 11.1. The van der Waals surface area contributed by atoms with Gasteiger partial charge >= 0.3 is 0 Å². The number of nitrogens with zero attached hydrogens (tertiary/aromatic N) is 4. The first-order valence-electron chi connectivity index (χ1n) is 16.4. The number of nitrogens with one attached hydrogen (secondary N) is 1. The van der Waals surface area contributed by atoms with Crippen LogP contribution in [-0.2, 0) is 11.2 Å². The van der Waals surface area contributed by atoms with Crippen molar-refractivity contribution in [3.05, 3.63) is 77.3 Å². The number of rotatable bonds is 4. The number of carbonyl (C=O) groups is 1. The highest BCUT2D eigenvalue weighted by atomic mass is 32.2. The van der Waals surface area contributed by atoms with Gasteiger partial charge in [-0.3, -0.25) is 9.78 Å². The zero-order valence-corrected chi connectivity index (χ0v) is 29.1. The molecule has 3 aliphatic heterocycles. The van der Waals surface area contributed by atoms with Gasteiger partial charge in [0, 0.05) is 42.9 Å². The van der Waals surface area contributed by atoms with Crippen LogP contribution in [0.15, 0.2) is 66.1 Å². The van der Waals surface area contributed by atoms with Crippen molar-refractivity contribution < 1.29 is 9.53 Å². The summed E-state index contributed by atoms with van der Waals surface area (Å²) < 4.78 is 5.24. The molecule has 7 rings (SSSR count). The smallest absolute Gasteiger partial charge is 0.180 e. The van der Waals surface area contributed by atoms with E-state index in [1.165, 1.54) is 40.3 Å². The second-order valence-electron chi connectivity index (χ2n) is 12.0. The second kappa shape index (κ2) is 15.0. The molecule has 0 saturated carbocycles. The quantitative estimate of drug-likeness (QED) is 0.302. The summed E-state index contributed by atoms with van der Waals surface area (Å²) in [5.74, 6) is 5.21. The number of benzene rings is 1.